The van der Waals surface area contributed by atoms with Crippen molar-refractivity contribution in [1.29, 1.82) is 0 Å². The fraction of sp³-hybridized carbons (Fsp3) is 0.250. The molecule has 4 heteroatoms. The Morgan fingerprint density at radius 1 is 1.42 bits per heavy atom. The van der Waals surface area contributed by atoms with Crippen molar-refractivity contribution in [3.63, 3.8) is 0 Å². The van der Waals surface area contributed by atoms with Crippen LogP contribution in [-0.2, 0) is 6.54 Å². The first-order valence-corrected chi connectivity index (χ1v) is 4.11. The zero-order valence-electron chi connectivity index (χ0n) is 6.53. The van der Waals surface area contributed by atoms with Crippen LogP contribution in [0.25, 0.3) is 0 Å². The SMILES string of the molecule is COc1c(Cl)cc(Cl)cc1C[NH]. The molecule has 0 aliphatic carbocycles. The van der Waals surface area contributed by atoms with E-state index in [-0.39, 0.29) is 6.54 Å². The fourth-order valence-electron chi connectivity index (χ4n) is 0.974. The van der Waals surface area contributed by atoms with Crippen molar-refractivity contribution in [2.75, 3.05) is 7.11 Å². The molecule has 0 fully saturated rings. The van der Waals surface area contributed by atoms with Crippen LogP contribution in [0, 0.1) is 0 Å². The van der Waals surface area contributed by atoms with E-state index in [0.29, 0.717) is 21.4 Å². The molecule has 1 rings (SSSR count). The first kappa shape index (κ1) is 9.65. The van der Waals surface area contributed by atoms with Crippen molar-refractivity contribution in [2.45, 2.75) is 6.54 Å². The molecule has 65 valence electrons. The van der Waals surface area contributed by atoms with Crippen molar-refractivity contribution in [3.05, 3.63) is 27.7 Å². The van der Waals surface area contributed by atoms with E-state index in [1.165, 1.54) is 7.11 Å². The Morgan fingerprint density at radius 2 is 2.08 bits per heavy atom. The Labute approximate surface area is 81.2 Å². The normalized spacial score (nSPS) is 10.0. The quantitative estimate of drug-likeness (QED) is 0.730. The molecule has 1 N–H and O–H groups in total. The minimum atomic E-state index is 0.115. The zero-order valence-corrected chi connectivity index (χ0v) is 8.04. The second kappa shape index (κ2) is 3.99. The predicted octanol–water partition coefficient (Wildman–Crippen LogP) is 2.78. The first-order chi connectivity index (χ1) is 5.69. The molecule has 1 aromatic rings. The van der Waals surface area contributed by atoms with Gasteiger partial charge in [-0.25, -0.2) is 0 Å². The zero-order chi connectivity index (χ0) is 9.14. The van der Waals surface area contributed by atoms with E-state index in [9.17, 15) is 0 Å². The molecule has 12 heavy (non-hydrogen) atoms. The Balaban J connectivity index is 3.24. The Morgan fingerprint density at radius 3 is 2.58 bits per heavy atom. The summed E-state index contributed by atoms with van der Waals surface area (Å²) in [7, 11) is 1.52. The molecule has 1 radical (unpaired) electrons. The molecule has 0 unspecified atom stereocenters. The first-order valence-electron chi connectivity index (χ1n) is 3.35. The summed E-state index contributed by atoms with van der Waals surface area (Å²) in [5, 5.41) is 0.982. The highest BCUT2D eigenvalue weighted by molar-refractivity contribution is 6.35. The van der Waals surface area contributed by atoms with E-state index in [4.69, 9.17) is 33.7 Å². The minimum absolute atomic E-state index is 0.115. The van der Waals surface area contributed by atoms with Gasteiger partial charge in [0, 0.05) is 17.1 Å². The molecule has 0 aromatic heterocycles. The van der Waals surface area contributed by atoms with E-state index in [1.54, 1.807) is 12.1 Å². The smallest absolute Gasteiger partial charge is 0.142 e. The van der Waals surface area contributed by atoms with Gasteiger partial charge in [0.2, 0.25) is 0 Å². The molecule has 0 atom stereocenters. The summed E-state index contributed by atoms with van der Waals surface area (Å²) in [6.45, 7) is 0.115. The van der Waals surface area contributed by atoms with Gasteiger partial charge in [0.25, 0.3) is 0 Å². The summed E-state index contributed by atoms with van der Waals surface area (Å²) < 4.78 is 5.01. The van der Waals surface area contributed by atoms with Gasteiger partial charge in [0.05, 0.1) is 12.1 Å². The van der Waals surface area contributed by atoms with Gasteiger partial charge in [-0.3, -0.25) is 5.73 Å². The highest BCUT2D eigenvalue weighted by atomic mass is 35.5. The van der Waals surface area contributed by atoms with Gasteiger partial charge in [-0.05, 0) is 12.1 Å². The number of nitrogens with one attached hydrogen (secondary N) is 1. The molecule has 2 nitrogen and oxygen atoms in total. The molecule has 0 amide bonds. The lowest BCUT2D eigenvalue weighted by atomic mass is 10.2. The molecule has 0 heterocycles. The summed E-state index contributed by atoms with van der Waals surface area (Å²) in [4.78, 5) is 0. The Kier molecular flexibility index (Phi) is 3.20. The largest absolute Gasteiger partial charge is 0.495 e. The maximum absolute atomic E-state index is 7.18. The van der Waals surface area contributed by atoms with Crippen LogP contribution in [0.3, 0.4) is 0 Å². The maximum atomic E-state index is 7.18. The van der Waals surface area contributed by atoms with Crippen molar-refractivity contribution in [2.24, 2.45) is 0 Å². The van der Waals surface area contributed by atoms with Crippen LogP contribution in [0.2, 0.25) is 10.0 Å². The highest BCUT2D eigenvalue weighted by Crippen LogP contribution is 2.31. The second-order valence-corrected chi connectivity index (χ2v) is 3.10. The standard InChI is InChI=1S/C8H8Cl2NO/c1-12-8-5(4-11)2-6(9)3-7(8)10/h2-3,11H,4H2,1H3. The summed E-state index contributed by atoms with van der Waals surface area (Å²) in [5.74, 6) is 0.538. The van der Waals surface area contributed by atoms with E-state index < -0.39 is 0 Å². The summed E-state index contributed by atoms with van der Waals surface area (Å²) >= 11 is 11.6. The number of hydrogen-bond donors (Lipinski definition) is 0. The molecular weight excluding hydrogens is 197 g/mol. The lowest BCUT2D eigenvalue weighted by molar-refractivity contribution is 0.410. The van der Waals surface area contributed by atoms with Gasteiger partial charge >= 0.3 is 0 Å². The highest BCUT2D eigenvalue weighted by Gasteiger charge is 2.07. The molecule has 0 saturated carbocycles. The molecule has 0 aliphatic rings. The third-order valence-corrected chi connectivity index (χ3v) is 1.98. The van der Waals surface area contributed by atoms with Crippen LogP contribution >= 0.6 is 23.2 Å². The summed E-state index contributed by atoms with van der Waals surface area (Å²) in [6, 6.07) is 3.28. The second-order valence-electron chi connectivity index (χ2n) is 2.26. The molecular formula is C8H8Cl2NO. The third kappa shape index (κ3) is 1.83. The van der Waals surface area contributed by atoms with Gasteiger partial charge in [0.15, 0.2) is 0 Å². The monoisotopic (exact) mass is 204 g/mol. The molecule has 0 bridgehead atoms. The molecule has 0 saturated heterocycles. The van der Waals surface area contributed by atoms with Crippen LogP contribution in [0.4, 0.5) is 0 Å². The van der Waals surface area contributed by atoms with Crippen molar-refractivity contribution >= 4 is 23.2 Å². The van der Waals surface area contributed by atoms with Gasteiger partial charge in [0.1, 0.15) is 5.75 Å². The summed E-state index contributed by atoms with van der Waals surface area (Å²) in [5.41, 5.74) is 7.89. The topological polar surface area (TPSA) is 33.0 Å². The predicted molar refractivity (Wildman–Crippen MR) is 49.8 cm³/mol. The van der Waals surface area contributed by atoms with Gasteiger partial charge in [-0.15, -0.1) is 0 Å². The molecule has 0 aliphatic heterocycles. The van der Waals surface area contributed by atoms with Crippen LogP contribution < -0.4 is 10.5 Å². The number of ether oxygens (including phenoxy) is 1. The third-order valence-electron chi connectivity index (χ3n) is 1.48. The average molecular weight is 205 g/mol. The van der Waals surface area contributed by atoms with E-state index >= 15 is 0 Å². The summed E-state index contributed by atoms with van der Waals surface area (Å²) in [6.07, 6.45) is 0. The molecule has 0 spiro atoms. The van der Waals surface area contributed by atoms with Crippen LogP contribution in [0.1, 0.15) is 5.56 Å². The van der Waals surface area contributed by atoms with Crippen molar-refractivity contribution < 1.29 is 4.74 Å². The van der Waals surface area contributed by atoms with Crippen LogP contribution in [-0.4, -0.2) is 7.11 Å². The van der Waals surface area contributed by atoms with E-state index in [0.717, 1.165) is 0 Å². The Bertz CT molecular complexity index is 289. The molecule has 1 aromatic carbocycles. The fourth-order valence-corrected chi connectivity index (χ4v) is 1.59. The van der Waals surface area contributed by atoms with E-state index in [1.807, 2.05) is 0 Å². The number of methoxy groups -OCH3 is 1. The number of halogens is 2. The number of benzene rings is 1. The maximum Gasteiger partial charge on any atom is 0.142 e. The van der Waals surface area contributed by atoms with Crippen molar-refractivity contribution in [3.8, 4) is 5.75 Å². The van der Waals surface area contributed by atoms with Gasteiger partial charge < -0.3 is 4.74 Å². The van der Waals surface area contributed by atoms with Crippen molar-refractivity contribution in [1.82, 2.24) is 5.73 Å². The number of hydrogen-bond acceptors (Lipinski definition) is 1. The Hall–Kier alpha value is -0.440. The minimum Gasteiger partial charge on any atom is -0.495 e. The van der Waals surface area contributed by atoms with Crippen LogP contribution in [0.15, 0.2) is 12.1 Å². The average Bonchev–Trinajstić information content (AvgIpc) is 2.03. The van der Waals surface area contributed by atoms with E-state index in [2.05, 4.69) is 0 Å². The number of rotatable bonds is 2. The lowest BCUT2D eigenvalue weighted by Crippen LogP contribution is -1.93. The van der Waals surface area contributed by atoms with Crippen LogP contribution in [0.5, 0.6) is 5.75 Å². The van der Waals surface area contributed by atoms with Gasteiger partial charge in [-0.2, -0.15) is 0 Å². The van der Waals surface area contributed by atoms with Gasteiger partial charge in [-0.1, -0.05) is 23.2 Å². The lowest BCUT2D eigenvalue weighted by Gasteiger charge is -2.08.